The maximum Gasteiger partial charge on any atom is 0.389 e. The highest BCUT2D eigenvalue weighted by Gasteiger charge is 2.32. The first-order chi connectivity index (χ1) is 62.5. The number of para-hydroxylation sites is 1. The van der Waals surface area contributed by atoms with Gasteiger partial charge in [-0.3, -0.25) is 19.2 Å². The number of esters is 2. The maximum absolute atomic E-state index is 13.8. The monoisotopic (exact) mass is 1710 g/mol. The second-order valence-electron chi connectivity index (χ2n) is 30.1. The fourth-order valence-corrected chi connectivity index (χ4v) is 15.5. The molecule has 19 aromatic rings. The molecule has 22 nitrogen and oxygen atoms in total. The number of benzene rings is 11. The number of carboxylic acid groups (broad SMARTS) is 1. The first kappa shape index (κ1) is 85.3. The van der Waals surface area contributed by atoms with E-state index in [2.05, 4.69) is 24.7 Å². The molecule has 11 aromatic carbocycles. The lowest BCUT2D eigenvalue weighted by Crippen LogP contribution is -2.08. The molecule has 22 heteroatoms. The second-order valence-corrected chi connectivity index (χ2v) is 30.1. The predicted octanol–water partition coefficient (Wildman–Crippen LogP) is 23.0. The normalized spacial score (nSPS) is 11.0. The van der Waals surface area contributed by atoms with Crippen LogP contribution in [-0.2, 0) is 9.59 Å². The summed E-state index contributed by atoms with van der Waals surface area (Å²) in [7, 11) is 0. The van der Waals surface area contributed by atoms with Crippen molar-refractivity contribution in [3.8, 4) is 85.9 Å². The highest BCUT2D eigenvalue weighted by atomic mass is 16.5. The van der Waals surface area contributed by atoms with Crippen molar-refractivity contribution in [1.82, 2.24) is 0 Å². The van der Waals surface area contributed by atoms with Gasteiger partial charge in [-0.1, -0.05) is 183 Å². The van der Waals surface area contributed by atoms with E-state index in [4.69, 9.17) is 51.2 Å². The number of aromatic carboxylic acids is 1. The second kappa shape index (κ2) is 37.1. The van der Waals surface area contributed by atoms with Crippen molar-refractivity contribution >= 4 is 123 Å². The zero-order valence-electron chi connectivity index (χ0n) is 69.8. The van der Waals surface area contributed by atoms with Crippen LogP contribution < -0.4 is 32.0 Å². The van der Waals surface area contributed by atoms with E-state index in [1.807, 2.05) is 149 Å². The number of ketones is 3. The number of aryl methyl sites for hydroxylation is 4. The quantitative estimate of drug-likeness (QED) is 0.0153. The molecular weight excluding hydrogens is 1640 g/mol. The molecular formula is C107H74O22. The molecule has 8 heterocycles. The smallest absolute Gasteiger partial charge is 0.389 e. The van der Waals surface area contributed by atoms with Gasteiger partial charge in [0.2, 0.25) is 23.1 Å². The number of unbranched alkanes of at least 4 members (excludes halogenated alkanes) is 3. The summed E-state index contributed by atoms with van der Waals surface area (Å²) >= 11 is 0. The van der Waals surface area contributed by atoms with Crippen LogP contribution in [0.3, 0.4) is 0 Å². The van der Waals surface area contributed by atoms with Crippen LogP contribution in [0.2, 0.25) is 0 Å². The van der Waals surface area contributed by atoms with Crippen LogP contribution in [0, 0.1) is 51.9 Å². The molecule has 0 radical (unpaired) electrons. The molecule has 0 aliphatic carbocycles. The van der Waals surface area contributed by atoms with Gasteiger partial charge in [-0.2, -0.15) is 0 Å². The molecule has 0 saturated heterocycles. The summed E-state index contributed by atoms with van der Waals surface area (Å²) in [6.45, 7) is 9.41. The third-order valence-corrected chi connectivity index (χ3v) is 21.5. The summed E-state index contributed by atoms with van der Waals surface area (Å²) in [6, 6.07) is 75.8. The van der Waals surface area contributed by atoms with E-state index in [-0.39, 0.29) is 69.8 Å². The van der Waals surface area contributed by atoms with E-state index in [1.54, 1.807) is 103 Å². The van der Waals surface area contributed by atoms with Crippen LogP contribution in [0.15, 0.2) is 321 Å². The Morgan fingerprint density at radius 2 is 0.705 bits per heavy atom. The number of hydrogen-bond donors (Lipinski definition) is 2. The Morgan fingerprint density at radius 1 is 0.364 bits per heavy atom. The molecule has 129 heavy (non-hydrogen) atoms. The van der Waals surface area contributed by atoms with Gasteiger partial charge in [0.15, 0.2) is 17.3 Å². The van der Waals surface area contributed by atoms with Crippen LogP contribution in [0.4, 0.5) is 0 Å². The van der Waals surface area contributed by atoms with Crippen molar-refractivity contribution in [1.29, 1.82) is 0 Å². The summed E-state index contributed by atoms with van der Waals surface area (Å²) in [5.41, 5.74) is 9.75. The molecule has 2 N–H and O–H groups in total. The summed E-state index contributed by atoms with van der Waals surface area (Å²) in [4.78, 5) is 125. The largest absolute Gasteiger partial charge is 0.507 e. The number of ether oxygens (including phenoxy) is 2. The minimum absolute atomic E-state index is 0.0775. The minimum atomic E-state index is -1.17. The Hall–Kier alpha value is -17.2. The van der Waals surface area contributed by atoms with Gasteiger partial charge < -0.3 is 55.0 Å². The summed E-state index contributed by atoms with van der Waals surface area (Å²) in [6.07, 6.45) is 9.24. The molecule has 0 fully saturated rings. The summed E-state index contributed by atoms with van der Waals surface area (Å²) in [5, 5.41) is 24.9. The Bertz CT molecular complexity index is 8070. The Morgan fingerprint density at radius 3 is 1.06 bits per heavy atom. The molecule has 634 valence electrons. The zero-order chi connectivity index (χ0) is 90.3. The molecule has 0 spiro atoms. The molecule has 0 bridgehead atoms. The minimum Gasteiger partial charge on any atom is -0.507 e. The van der Waals surface area contributed by atoms with Gasteiger partial charge in [0.05, 0.1) is 33.5 Å². The van der Waals surface area contributed by atoms with Gasteiger partial charge >= 0.3 is 40.4 Å². The standard InChI is InChI=1S/C33H26O6.C30H20O6.C25H16O5.C19H12O5/c1-3-4-5-6-10-16-27(34)37-24-15-11-14-23(20-24)31(36)33-29(22-12-8-7-9-13-22)30-26(38-33)18-17-25-21(2)19-28(35)39-32(25)30;1-3-4-13-24(31)34-21-12-8-11-20(17-21)28(33)30-26(19-9-6-5-7-10-19)27-23(35-30)15-14-22-18(2)16-25(32)36-29(22)27;1-14-13-20(27)30-24-16(14)11-12-19-22(24)21(15-7-3-2-4-8-15)25(29-19)23(28)17-9-5-6-10-18(17)26;1-10-9-14(20)24-17-12(10)7-8-13-16(17)15(18(23-13)19(21)22)11-5-3-2-4-6-11/h7-9,11-15,17-20H,3-6H2,1-2H3;1,5-12,14-17H,4,13H2,2H3;2-13,26H,1H3;2-9H,1H3,(H,21,22). The molecule has 0 saturated carbocycles. The van der Waals surface area contributed by atoms with E-state index in [9.17, 15) is 58.2 Å². The van der Waals surface area contributed by atoms with Crippen LogP contribution in [0.25, 0.3) is 132 Å². The third-order valence-electron chi connectivity index (χ3n) is 21.5. The molecule has 19 rings (SSSR count). The number of furan rings is 4. The lowest BCUT2D eigenvalue weighted by molar-refractivity contribution is -0.134. The number of carboxylic acids is 1. The van der Waals surface area contributed by atoms with Crippen molar-refractivity contribution in [2.75, 3.05) is 0 Å². The van der Waals surface area contributed by atoms with Crippen LogP contribution >= 0.6 is 0 Å². The van der Waals surface area contributed by atoms with E-state index in [1.165, 1.54) is 42.5 Å². The summed E-state index contributed by atoms with van der Waals surface area (Å²) in [5.74, 6) is 4.50. The number of carbonyl (C=O) groups excluding carboxylic acids is 5. The zero-order valence-corrected chi connectivity index (χ0v) is 69.8. The molecule has 0 aliphatic rings. The van der Waals surface area contributed by atoms with Crippen molar-refractivity contribution in [3.63, 3.8) is 0 Å². The SMILES string of the molecule is C#CCCC(=O)Oc1cccc(C(=O)c2oc3ccc4c(C)cc(=O)oc4c3c2-c2ccccc2)c1.CCCCCC#CC(=O)Oc1cccc(C(=O)c2oc3ccc4c(C)cc(=O)oc4c3c2-c2ccccc2)c1.Cc1cc(=O)oc2c1ccc1oc(C(=O)O)c(-c3ccccc3)c12.Cc1cc(=O)oc2c1ccc1oc(C(=O)c3ccccc3O)c(-c3ccccc3)c12. The van der Waals surface area contributed by atoms with Gasteiger partial charge in [-0.15, -0.1) is 12.3 Å². The number of fused-ring (bicyclic) bond motifs is 12. The van der Waals surface area contributed by atoms with Crippen molar-refractivity contribution < 1.29 is 83.8 Å². The Labute approximate surface area is 732 Å². The fraction of sp³-hybridized carbons (Fsp3) is 0.103. The lowest BCUT2D eigenvalue weighted by Gasteiger charge is -2.07. The van der Waals surface area contributed by atoms with Crippen LogP contribution in [0.5, 0.6) is 17.2 Å². The molecule has 0 atom stereocenters. The number of hydrogen-bond acceptors (Lipinski definition) is 21. The van der Waals surface area contributed by atoms with Gasteiger partial charge in [0.25, 0.3) is 0 Å². The Kier molecular flexibility index (Phi) is 24.5. The Balaban J connectivity index is 0.000000128. The number of aromatic hydroxyl groups is 1. The number of rotatable bonds is 18. The average molecular weight is 1710 g/mol. The van der Waals surface area contributed by atoms with Crippen LogP contribution in [-0.4, -0.2) is 45.5 Å². The number of terminal acetylenes is 1. The first-order valence-corrected chi connectivity index (χ1v) is 40.9. The number of phenols is 1. The first-order valence-electron chi connectivity index (χ1n) is 40.9. The van der Waals surface area contributed by atoms with Gasteiger partial charge in [-0.05, 0) is 164 Å². The topological polar surface area (TPSA) is 335 Å². The van der Waals surface area contributed by atoms with Crippen LogP contribution in [0.1, 0.15) is 127 Å². The highest BCUT2D eigenvalue weighted by molar-refractivity contribution is 6.24. The van der Waals surface area contributed by atoms with Gasteiger partial charge in [0, 0.05) is 98.0 Å². The summed E-state index contributed by atoms with van der Waals surface area (Å²) < 4.78 is 56.7. The van der Waals surface area contributed by atoms with Gasteiger partial charge in [-0.25, -0.2) is 28.8 Å². The van der Waals surface area contributed by atoms with E-state index < -0.39 is 57.8 Å². The average Bonchev–Trinajstić information content (AvgIpc) is 1.76. The number of carbonyl (C=O) groups is 6. The lowest BCUT2D eigenvalue weighted by atomic mass is 9.96. The molecule has 0 unspecified atom stereocenters. The fourth-order valence-electron chi connectivity index (χ4n) is 15.5. The highest BCUT2D eigenvalue weighted by Crippen LogP contribution is 2.46. The molecule has 8 aromatic heterocycles. The third kappa shape index (κ3) is 17.6. The van der Waals surface area contributed by atoms with E-state index >= 15 is 0 Å². The van der Waals surface area contributed by atoms with Crippen molar-refractivity contribution in [3.05, 3.63) is 371 Å². The maximum atomic E-state index is 13.8. The molecule has 0 amide bonds. The van der Waals surface area contributed by atoms with E-state index in [0.717, 1.165) is 79.8 Å². The van der Waals surface area contributed by atoms with E-state index in [0.29, 0.717) is 100 Å². The van der Waals surface area contributed by atoms with Crippen molar-refractivity contribution in [2.24, 2.45) is 0 Å². The van der Waals surface area contributed by atoms with Gasteiger partial charge in [0.1, 0.15) is 61.9 Å². The predicted molar refractivity (Wildman–Crippen MR) is 489 cm³/mol. The number of phenolic OH excluding ortho intramolecular Hbond substituents is 1. The molecule has 0 aliphatic heterocycles. The van der Waals surface area contributed by atoms with Crippen molar-refractivity contribution in [2.45, 2.75) is 73.1 Å².